The fourth-order valence-electron chi connectivity index (χ4n) is 2.90. The molecule has 0 amide bonds. The molecule has 1 fully saturated rings. The second kappa shape index (κ2) is 7.87. The lowest BCUT2D eigenvalue weighted by molar-refractivity contribution is 0.151. The Labute approximate surface area is 132 Å². The van der Waals surface area contributed by atoms with E-state index in [-0.39, 0.29) is 0 Å². The number of rotatable bonds is 6. The maximum absolute atomic E-state index is 6.06. The highest BCUT2D eigenvalue weighted by Crippen LogP contribution is 2.34. The highest BCUT2D eigenvalue weighted by atomic mass is 35.5. The maximum Gasteiger partial charge on any atom is 0.165 e. The summed E-state index contributed by atoms with van der Waals surface area (Å²) in [4.78, 5) is 2.43. The Morgan fingerprint density at radius 3 is 2.86 bits per heavy atom. The van der Waals surface area contributed by atoms with Gasteiger partial charge in [0.05, 0.1) is 13.7 Å². The van der Waals surface area contributed by atoms with Crippen molar-refractivity contribution < 1.29 is 9.47 Å². The first-order valence-corrected chi connectivity index (χ1v) is 7.93. The second-order valence-corrected chi connectivity index (χ2v) is 6.00. The van der Waals surface area contributed by atoms with E-state index in [9.17, 15) is 0 Å². The summed E-state index contributed by atoms with van der Waals surface area (Å²) in [5, 5.41) is 0.617. The van der Waals surface area contributed by atoms with Crippen molar-refractivity contribution in [3.05, 3.63) is 22.7 Å². The summed E-state index contributed by atoms with van der Waals surface area (Å²) in [6.07, 6.45) is 4.89. The van der Waals surface area contributed by atoms with Gasteiger partial charge < -0.3 is 20.1 Å². The average Bonchev–Trinajstić information content (AvgIpc) is 2.49. The lowest BCUT2D eigenvalue weighted by atomic mass is 10.0. The lowest BCUT2D eigenvalue weighted by Gasteiger charge is -2.32. The van der Waals surface area contributed by atoms with E-state index < -0.39 is 0 Å². The van der Waals surface area contributed by atoms with E-state index >= 15 is 0 Å². The summed E-state index contributed by atoms with van der Waals surface area (Å²) in [6, 6.07) is 4.22. The van der Waals surface area contributed by atoms with E-state index in [1.54, 1.807) is 13.2 Å². The average molecular weight is 313 g/mol. The molecule has 5 heteroatoms. The van der Waals surface area contributed by atoms with E-state index in [0.717, 1.165) is 17.7 Å². The molecule has 0 saturated carbocycles. The van der Waals surface area contributed by atoms with Gasteiger partial charge in [0.2, 0.25) is 0 Å². The van der Waals surface area contributed by atoms with E-state index in [1.807, 2.05) is 6.07 Å². The fraction of sp³-hybridized carbons (Fsp3) is 0.625. The molecule has 118 valence electrons. The first-order valence-electron chi connectivity index (χ1n) is 7.55. The van der Waals surface area contributed by atoms with Crippen LogP contribution in [0.2, 0.25) is 5.02 Å². The molecule has 1 aliphatic rings. The van der Waals surface area contributed by atoms with Crippen LogP contribution in [0.3, 0.4) is 0 Å². The van der Waals surface area contributed by atoms with Gasteiger partial charge in [-0.05, 0) is 38.9 Å². The van der Waals surface area contributed by atoms with E-state index in [4.69, 9.17) is 26.8 Å². The second-order valence-electron chi connectivity index (χ2n) is 5.57. The quantitative estimate of drug-likeness (QED) is 0.877. The van der Waals surface area contributed by atoms with Crippen molar-refractivity contribution in [3.8, 4) is 11.5 Å². The lowest BCUT2D eigenvalue weighted by Crippen LogP contribution is -2.37. The number of ether oxygens (including phenoxy) is 2. The van der Waals surface area contributed by atoms with E-state index in [1.165, 1.54) is 25.8 Å². The van der Waals surface area contributed by atoms with Crippen LogP contribution in [0.15, 0.2) is 12.1 Å². The van der Waals surface area contributed by atoms with Gasteiger partial charge in [-0.3, -0.25) is 0 Å². The highest BCUT2D eigenvalue weighted by Gasteiger charge is 2.19. The number of likely N-dealkylation sites (tertiary alicyclic amines) is 1. The zero-order chi connectivity index (χ0) is 15.2. The molecule has 1 saturated heterocycles. The summed E-state index contributed by atoms with van der Waals surface area (Å²) >= 11 is 6.06. The third-order valence-corrected chi connectivity index (χ3v) is 4.37. The van der Waals surface area contributed by atoms with Crippen molar-refractivity contribution in [2.45, 2.75) is 38.3 Å². The van der Waals surface area contributed by atoms with Gasteiger partial charge in [0, 0.05) is 29.2 Å². The topological polar surface area (TPSA) is 47.7 Å². The Morgan fingerprint density at radius 2 is 2.19 bits per heavy atom. The molecule has 4 nitrogen and oxygen atoms in total. The van der Waals surface area contributed by atoms with Crippen LogP contribution in [0.5, 0.6) is 11.5 Å². The first-order chi connectivity index (χ1) is 10.2. The van der Waals surface area contributed by atoms with Gasteiger partial charge >= 0.3 is 0 Å². The Bertz CT molecular complexity index is 443. The molecule has 1 aromatic rings. The van der Waals surface area contributed by atoms with Crippen molar-refractivity contribution in [1.82, 2.24) is 4.90 Å². The van der Waals surface area contributed by atoms with Crippen molar-refractivity contribution in [2.24, 2.45) is 5.73 Å². The van der Waals surface area contributed by atoms with Crippen LogP contribution in [-0.2, 0) is 6.54 Å². The largest absolute Gasteiger partial charge is 0.493 e. The predicted octanol–water partition coefficient (Wildman–Crippen LogP) is 3.06. The molecule has 0 radical (unpaired) electrons. The molecule has 1 aromatic carbocycles. The van der Waals surface area contributed by atoms with Crippen LogP contribution >= 0.6 is 11.6 Å². The Kier molecular flexibility index (Phi) is 6.15. The number of nitrogens with two attached hydrogens (primary N) is 1. The summed E-state index contributed by atoms with van der Waals surface area (Å²) < 4.78 is 11.3. The molecule has 0 aliphatic carbocycles. The molecule has 1 atom stereocenters. The number of benzene rings is 1. The minimum absolute atomic E-state index is 0.385. The van der Waals surface area contributed by atoms with Gasteiger partial charge in [-0.15, -0.1) is 0 Å². The summed E-state index contributed by atoms with van der Waals surface area (Å²) in [5.41, 5.74) is 6.66. The van der Waals surface area contributed by atoms with Crippen LogP contribution in [0.1, 0.15) is 31.2 Å². The van der Waals surface area contributed by atoms with E-state index in [0.29, 0.717) is 30.0 Å². The molecular formula is C16H25ClN2O2. The molecule has 21 heavy (non-hydrogen) atoms. The van der Waals surface area contributed by atoms with Gasteiger partial charge in [-0.1, -0.05) is 18.0 Å². The molecular weight excluding hydrogens is 288 g/mol. The van der Waals surface area contributed by atoms with Crippen molar-refractivity contribution in [1.29, 1.82) is 0 Å². The predicted molar refractivity (Wildman–Crippen MR) is 86.3 cm³/mol. The third kappa shape index (κ3) is 4.25. The molecule has 0 spiro atoms. The normalized spacial score (nSPS) is 19.5. The Hall–Kier alpha value is -0.970. The smallest absolute Gasteiger partial charge is 0.165 e. The Balaban J connectivity index is 1.99. The summed E-state index contributed by atoms with van der Waals surface area (Å²) in [6.45, 7) is 2.23. The SMILES string of the molecule is COc1cc(Cl)cc(CN)c1OCCC1CCCCN1C. The van der Waals surface area contributed by atoms with Crippen molar-refractivity contribution >= 4 is 11.6 Å². The molecule has 0 bridgehead atoms. The van der Waals surface area contributed by atoms with Crippen LogP contribution in [0, 0.1) is 0 Å². The monoisotopic (exact) mass is 312 g/mol. The van der Waals surface area contributed by atoms with Gasteiger partial charge in [0.15, 0.2) is 11.5 Å². The minimum Gasteiger partial charge on any atom is -0.493 e. The van der Waals surface area contributed by atoms with Crippen LogP contribution in [-0.4, -0.2) is 38.3 Å². The summed E-state index contributed by atoms with van der Waals surface area (Å²) in [5.74, 6) is 1.38. The van der Waals surface area contributed by atoms with Gasteiger partial charge in [-0.25, -0.2) is 0 Å². The van der Waals surface area contributed by atoms with Crippen LogP contribution in [0.4, 0.5) is 0 Å². The number of piperidine rings is 1. The van der Waals surface area contributed by atoms with E-state index in [2.05, 4.69) is 11.9 Å². The molecule has 0 aromatic heterocycles. The molecule has 1 aliphatic heterocycles. The minimum atomic E-state index is 0.385. The van der Waals surface area contributed by atoms with Crippen LogP contribution in [0.25, 0.3) is 0 Å². The van der Waals surface area contributed by atoms with Crippen molar-refractivity contribution in [3.63, 3.8) is 0 Å². The fourth-order valence-corrected chi connectivity index (χ4v) is 3.13. The molecule has 1 heterocycles. The third-order valence-electron chi connectivity index (χ3n) is 4.16. The molecule has 1 unspecified atom stereocenters. The van der Waals surface area contributed by atoms with Gasteiger partial charge in [0.1, 0.15) is 0 Å². The Morgan fingerprint density at radius 1 is 1.38 bits per heavy atom. The number of hydrogen-bond acceptors (Lipinski definition) is 4. The molecule has 2 N–H and O–H groups in total. The first kappa shape index (κ1) is 16.4. The van der Waals surface area contributed by atoms with Gasteiger partial charge in [-0.2, -0.15) is 0 Å². The van der Waals surface area contributed by atoms with Gasteiger partial charge in [0.25, 0.3) is 0 Å². The number of halogens is 1. The standard InChI is InChI=1S/C16H25ClN2O2/c1-19-7-4-3-5-14(19)6-8-21-16-12(11-18)9-13(17)10-15(16)20-2/h9-10,14H,3-8,11,18H2,1-2H3. The zero-order valence-electron chi connectivity index (χ0n) is 12.9. The summed E-state index contributed by atoms with van der Waals surface area (Å²) in [7, 11) is 3.81. The molecule has 2 rings (SSSR count). The highest BCUT2D eigenvalue weighted by molar-refractivity contribution is 6.30. The van der Waals surface area contributed by atoms with Crippen LogP contribution < -0.4 is 15.2 Å². The number of methoxy groups -OCH3 is 1. The number of nitrogens with zero attached hydrogens (tertiary/aromatic N) is 1. The number of hydrogen-bond donors (Lipinski definition) is 1. The van der Waals surface area contributed by atoms with Crippen molar-refractivity contribution in [2.75, 3.05) is 27.3 Å². The maximum atomic E-state index is 6.06. The zero-order valence-corrected chi connectivity index (χ0v) is 13.7.